The summed E-state index contributed by atoms with van der Waals surface area (Å²) in [5.74, 6) is -0.934. The Morgan fingerprint density at radius 3 is 2.24 bits per heavy atom. The maximum Gasteiger partial charge on any atom is 0.324 e. The molecule has 3 rings (SSSR count). The van der Waals surface area contributed by atoms with Gasteiger partial charge in [0.2, 0.25) is 0 Å². The van der Waals surface area contributed by atoms with E-state index in [0.717, 1.165) is 62.5 Å². The predicted octanol–water partition coefficient (Wildman–Crippen LogP) is 3.89. The topological polar surface area (TPSA) is 98.7 Å². The van der Waals surface area contributed by atoms with E-state index in [4.69, 9.17) is 5.21 Å². The van der Waals surface area contributed by atoms with E-state index in [2.05, 4.69) is 5.32 Å². The van der Waals surface area contributed by atoms with Crippen molar-refractivity contribution in [3.63, 3.8) is 0 Å². The molecule has 0 saturated heterocycles. The van der Waals surface area contributed by atoms with Gasteiger partial charge in [-0.15, -0.1) is 0 Å². The van der Waals surface area contributed by atoms with Gasteiger partial charge in [-0.1, -0.05) is 56.4 Å². The summed E-state index contributed by atoms with van der Waals surface area (Å²) in [6.07, 6.45) is 12.5. The van der Waals surface area contributed by atoms with E-state index in [-0.39, 0.29) is 11.8 Å². The van der Waals surface area contributed by atoms with Gasteiger partial charge in [-0.05, 0) is 54.7 Å². The number of benzene rings is 1. The van der Waals surface area contributed by atoms with Gasteiger partial charge in [-0.25, -0.2) is 5.48 Å². The summed E-state index contributed by atoms with van der Waals surface area (Å²) < 4.78 is 0. The minimum Gasteiger partial charge on any atom is -0.480 e. The van der Waals surface area contributed by atoms with Crippen LogP contribution in [0.15, 0.2) is 30.3 Å². The van der Waals surface area contributed by atoms with Crippen molar-refractivity contribution in [3.05, 3.63) is 41.5 Å². The second-order valence-corrected chi connectivity index (χ2v) is 8.40. The van der Waals surface area contributed by atoms with Gasteiger partial charge in [0.25, 0.3) is 5.91 Å². The monoisotopic (exact) mass is 400 g/mol. The zero-order valence-electron chi connectivity index (χ0n) is 16.9. The van der Waals surface area contributed by atoms with Gasteiger partial charge in [0.1, 0.15) is 5.54 Å². The third-order valence-corrected chi connectivity index (χ3v) is 6.68. The molecule has 2 aliphatic carbocycles. The lowest BCUT2D eigenvalue weighted by Gasteiger charge is -2.44. The number of carbonyl (C=O) groups is 2. The molecule has 0 aromatic heterocycles. The Balaban J connectivity index is 1.80. The van der Waals surface area contributed by atoms with E-state index in [9.17, 15) is 14.7 Å². The Hall–Kier alpha value is -2.18. The predicted molar refractivity (Wildman–Crippen MR) is 111 cm³/mol. The fourth-order valence-electron chi connectivity index (χ4n) is 5.25. The number of hydrogen-bond donors (Lipinski definition) is 4. The normalized spacial score (nSPS) is 20.6. The van der Waals surface area contributed by atoms with Crippen molar-refractivity contribution < 1.29 is 19.9 Å². The first kappa shape index (κ1) is 21.5. The Morgan fingerprint density at radius 1 is 1.03 bits per heavy atom. The van der Waals surface area contributed by atoms with Gasteiger partial charge < -0.3 is 5.11 Å². The third-order valence-electron chi connectivity index (χ3n) is 6.68. The quantitative estimate of drug-likeness (QED) is 0.301. The molecule has 2 fully saturated rings. The lowest BCUT2D eigenvalue weighted by atomic mass is 9.67. The highest BCUT2D eigenvalue weighted by molar-refractivity contribution is 5.90. The first-order valence-electron chi connectivity index (χ1n) is 10.8. The number of amides is 1. The van der Waals surface area contributed by atoms with Crippen molar-refractivity contribution in [1.29, 1.82) is 0 Å². The summed E-state index contributed by atoms with van der Waals surface area (Å²) in [6.45, 7) is 0.479. The molecule has 6 nitrogen and oxygen atoms in total. The third kappa shape index (κ3) is 5.06. The first-order chi connectivity index (χ1) is 14.1. The zero-order valence-corrected chi connectivity index (χ0v) is 16.9. The Kier molecular flexibility index (Phi) is 7.45. The van der Waals surface area contributed by atoms with Crippen LogP contribution < -0.4 is 10.8 Å². The van der Waals surface area contributed by atoms with Crippen LogP contribution >= 0.6 is 0 Å². The number of carbonyl (C=O) groups excluding carboxylic acids is 1. The van der Waals surface area contributed by atoms with Gasteiger partial charge in [0.15, 0.2) is 0 Å². The number of carboxylic acids is 1. The van der Waals surface area contributed by atoms with Crippen molar-refractivity contribution in [2.45, 2.75) is 69.9 Å². The molecular formula is C23H32N2O4. The molecule has 2 aliphatic rings. The van der Waals surface area contributed by atoms with Crippen LogP contribution in [0.4, 0.5) is 0 Å². The number of rotatable bonds is 8. The van der Waals surface area contributed by atoms with E-state index < -0.39 is 17.4 Å². The van der Waals surface area contributed by atoms with Gasteiger partial charge in [-0.3, -0.25) is 20.1 Å². The van der Waals surface area contributed by atoms with Crippen molar-refractivity contribution in [1.82, 2.24) is 10.8 Å². The van der Waals surface area contributed by atoms with E-state index in [1.165, 1.54) is 12.5 Å². The average Bonchev–Trinajstić information content (AvgIpc) is 3.28. The van der Waals surface area contributed by atoms with E-state index in [0.29, 0.717) is 6.54 Å². The molecule has 2 saturated carbocycles. The maximum absolute atomic E-state index is 12.7. The molecular weight excluding hydrogens is 368 g/mol. The molecule has 1 atom stereocenters. The summed E-state index contributed by atoms with van der Waals surface area (Å²) in [5, 5.41) is 22.5. The van der Waals surface area contributed by atoms with Crippen LogP contribution in [-0.2, 0) is 16.1 Å². The average molecular weight is 401 g/mol. The van der Waals surface area contributed by atoms with E-state index in [1.807, 2.05) is 24.3 Å². The summed E-state index contributed by atoms with van der Waals surface area (Å²) in [7, 11) is 0. The highest BCUT2D eigenvalue weighted by Gasteiger charge is 2.51. The molecule has 0 aliphatic heterocycles. The number of hydroxylamine groups is 1. The maximum atomic E-state index is 12.7. The lowest BCUT2D eigenvalue weighted by Crippen LogP contribution is -2.62. The number of aliphatic carboxylic acids is 1. The van der Waals surface area contributed by atoms with E-state index >= 15 is 0 Å². The molecule has 1 amide bonds. The fourth-order valence-corrected chi connectivity index (χ4v) is 5.25. The first-order valence-corrected chi connectivity index (χ1v) is 10.8. The highest BCUT2D eigenvalue weighted by atomic mass is 16.5. The van der Waals surface area contributed by atoms with Crippen LogP contribution in [-0.4, -0.2) is 27.7 Å². The Morgan fingerprint density at radius 2 is 1.66 bits per heavy atom. The molecule has 0 spiro atoms. The fraction of sp³-hybridized carbons (Fsp3) is 0.565. The molecule has 1 aromatic rings. The number of carboxylic acid groups (broad SMARTS) is 1. The molecule has 4 N–H and O–H groups in total. The van der Waals surface area contributed by atoms with Crippen LogP contribution in [0, 0.1) is 11.8 Å². The molecule has 0 bridgehead atoms. The Labute approximate surface area is 172 Å². The highest BCUT2D eigenvalue weighted by Crippen LogP contribution is 2.44. The molecule has 0 heterocycles. The van der Waals surface area contributed by atoms with Crippen molar-refractivity contribution >= 4 is 18.0 Å². The molecule has 0 unspecified atom stereocenters. The minimum absolute atomic E-state index is 0.174. The molecule has 29 heavy (non-hydrogen) atoms. The summed E-state index contributed by atoms with van der Waals surface area (Å²) >= 11 is 0. The Bertz CT molecular complexity index is 736. The standard InChI is InChI=1S/C23H32N2O4/c26-21(25-29)14-13-17-7-6-8-18(15-17)16-24-23(22(27)28,20-11-4-5-12-20)19-9-2-1-3-10-19/h6-8,13-15,19-20,24,29H,1-5,9-12,16H2,(H,25,26)(H,27,28)/t23-/m1/s1. The minimum atomic E-state index is -0.862. The van der Waals surface area contributed by atoms with Gasteiger partial charge in [0.05, 0.1) is 0 Å². The summed E-state index contributed by atoms with van der Waals surface area (Å²) in [5.41, 5.74) is 2.52. The van der Waals surface area contributed by atoms with Gasteiger partial charge in [-0.2, -0.15) is 0 Å². The largest absolute Gasteiger partial charge is 0.480 e. The zero-order chi connectivity index (χ0) is 20.7. The summed E-state index contributed by atoms with van der Waals surface area (Å²) in [4.78, 5) is 23.9. The van der Waals surface area contributed by atoms with Crippen LogP contribution in [0.1, 0.15) is 68.9 Å². The van der Waals surface area contributed by atoms with E-state index in [1.54, 1.807) is 11.6 Å². The number of hydrogen-bond acceptors (Lipinski definition) is 4. The van der Waals surface area contributed by atoms with Crippen molar-refractivity contribution in [2.24, 2.45) is 11.8 Å². The van der Waals surface area contributed by atoms with Crippen molar-refractivity contribution in [3.8, 4) is 0 Å². The molecule has 158 valence electrons. The van der Waals surface area contributed by atoms with Gasteiger partial charge in [0, 0.05) is 12.6 Å². The molecule has 1 aromatic carbocycles. The SMILES string of the molecule is O=C(C=Cc1cccc(CN[C@](C(=O)O)(C2CCCCC2)C2CCCC2)c1)NO. The van der Waals surface area contributed by atoms with Crippen LogP contribution in [0.25, 0.3) is 6.08 Å². The molecule has 6 heteroatoms. The van der Waals surface area contributed by atoms with Gasteiger partial charge >= 0.3 is 5.97 Å². The van der Waals surface area contributed by atoms with Crippen molar-refractivity contribution in [2.75, 3.05) is 0 Å². The number of nitrogens with one attached hydrogen (secondary N) is 2. The van der Waals surface area contributed by atoms with Crippen LogP contribution in [0.3, 0.4) is 0 Å². The smallest absolute Gasteiger partial charge is 0.324 e. The molecule has 0 radical (unpaired) electrons. The summed E-state index contributed by atoms with van der Waals surface area (Å²) in [6, 6.07) is 7.67. The lowest BCUT2D eigenvalue weighted by molar-refractivity contribution is -0.152. The second kappa shape index (κ2) is 10.0. The van der Waals surface area contributed by atoms with Crippen LogP contribution in [0.2, 0.25) is 0 Å². The second-order valence-electron chi connectivity index (χ2n) is 8.40. The van der Waals surface area contributed by atoms with Crippen LogP contribution in [0.5, 0.6) is 0 Å².